The minimum Gasteiger partial charge on any atom is -0.444 e. The quantitative estimate of drug-likeness (QED) is 0.246. The highest BCUT2D eigenvalue weighted by molar-refractivity contribution is 14.0. The Morgan fingerprint density at radius 3 is 2.27 bits per heavy atom. The van der Waals surface area contributed by atoms with Crippen LogP contribution in [0.2, 0.25) is 0 Å². The van der Waals surface area contributed by atoms with Crippen LogP contribution in [-0.4, -0.2) is 94.0 Å². The first kappa shape index (κ1) is 25.2. The summed E-state index contributed by atoms with van der Waals surface area (Å²) >= 11 is 0. The molecule has 0 saturated carbocycles. The van der Waals surface area contributed by atoms with E-state index in [1.165, 1.54) is 0 Å². The van der Waals surface area contributed by atoms with Crippen molar-refractivity contribution < 1.29 is 14.3 Å². The number of hydrogen-bond donors (Lipinski definition) is 2. The van der Waals surface area contributed by atoms with E-state index < -0.39 is 5.60 Å². The summed E-state index contributed by atoms with van der Waals surface area (Å²) in [5.74, 6) is 0.798. The molecule has 9 heteroatoms. The van der Waals surface area contributed by atoms with Crippen LogP contribution < -0.4 is 10.6 Å². The average Bonchev–Trinajstić information content (AvgIpc) is 2.56. The lowest BCUT2D eigenvalue weighted by Gasteiger charge is -2.35. The van der Waals surface area contributed by atoms with Gasteiger partial charge in [0.25, 0.3) is 0 Å². The lowest BCUT2D eigenvalue weighted by molar-refractivity contribution is 0.0145. The fourth-order valence-electron chi connectivity index (χ4n) is 2.48. The number of nitrogens with one attached hydrogen (secondary N) is 2. The number of methoxy groups -OCH3 is 1. The number of hydrogen-bond acceptors (Lipinski definition) is 5. The average molecular weight is 485 g/mol. The Bertz CT molecular complexity index is 421. The van der Waals surface area contributed by atoms with Crippen molar-refractivity contribution in [1.29, 1.82) is 0 Å². The van der Waals surface area contributed by atoms with Crippen LogP contribution in [0.1, 0.15) is 27.2 Å². The molecule has 1 aliphatic heterocycles. The SMILES string of the molecule is CN=C(NCCCN1CCN(C(=O)OC(C)(C)C)CC1)NCCOC.I. The molecule has 1 heterocycles. The van der Waals surface area contributed by atoms with E-state index in [9.17, 15) is 4.79 Å². The number of ether oxygens (including phenoxy) is 2. The Morgan fingerprint density at radius 2 is 1.73 bits per heavy atom. The monoisotopic (exact) mass is 485 g/mol. The number of piperazine rings is 1. The van der Waals surface area contributed by atoms with Crippen LogP contribution >= 0.6 is 24.0 Å². The predicted molar refractivity (Wildman–Crippen MR) is 116 cm³/mol. The van der Waals surface area contributed by atoms with Crippen molar-refractivity contribution in [3.8, 4) is 0 Å². The second-order valence-electron chi connectivity index (χ2n) is 7.08. The summed E-state index contributed by atoms with van der Waals surface area (Å²) in [6.45, 7) is 12.2. The first-order valence-corrected chi connectivity index (χ1v) is 8.99. The van der Waals surface area contributed by atoms with Crippen molar-refractivity contribution in [2.45, 2.75) is 32.8 Å². The molecule has 0 bridgehead atoms. The summed E-state index contributed by atoms with van der Waals surface area (Å²) in [5.41, 5.74) is -0.435. The molecule has 26 heavy (non-hydrogen) atoms. The van der Waals surface area contributed by atoms with E-state index in [4.69, 9.17) is 9.47 Å². The highest BCUT2D eigenvalue weighted by atomic mass is 127. The summed E-state index contributed by atoms with van der Waals surface area (Å²) < 4.78 is 10.4. The van der Waals surface area contributed by atoms with Crippen LogP contribution in [-0.2, 0) is 9.47 Å². The van der Waals surface area contributed by atoms with Gasteiger partial charge >= 0.3 is 6.09 Å². The lowest BCUT2D eigenvalue weighted by Crippen LogP contribution is -2.50. The Kier molecular flexibility index (Phi) is 13.0. The fraction of sp³-hybridized carbons (Fsp3) is 0.882. The Hall–Kier alpha value is -0.810. The summed E-state index contributed by atoms with van der Waals surface area (Å²) in [5, 5.41) is 6.48. The molecule has 0 atom stereocenters. The van der Waals surface area contributed by atoms with Gasteiger partial charge in [-0.15, -0.1) is 24.0 Å². The van der Waals surface area contributed by atoms with Crippen LogP contribution in [0.3, 0.4) is 0 Å². The van der Waals surface area contributed by atoms with Crippen molar-refractivity contribution >= 4 is 36.0 Å². The van der Waals surface area contributed by atoms with Gasteiger partial charge in [0.15, 0.2) is 5.96 Å². The van der Waals surface area contributed by atoms with Crippen molar-refractivity contribution in [2.24, 2.45) is 4.99 Å². The number of aliphatic imine (C=N–C) groups is 1. The van der Waals surface area contributed by atoms with Crippen LogP contribution in [0.5, 0.6) is 0 Å². The van der Waals surface area contributed by atoms with Gasteiger partial charge in [0.2, 0.25) is 0 Å². The molecule has 1 saturated heterocycles. The van der Waals surface area contributed by atoms with E-state index in [1.54, 1.807) is 19.1 Å². The maximum Gasteiger partial charge on any atom is 0.410 e. The van der Waals surface area contributed by atoms with Gasteiger partial charge in [0.1, 0.15) is 5.60 Å². The van der Waals surface area contributed by atoms with E-state index in [-0.39, 0.29) is 30.1 Å². The first-order valence-electron chi connectivity index (χ1n) is 8.99. The Morgan fingerprint density at radius 1 is 1.12 bits per heavy atom. The maximum atomic E-state index is 12.0. The van der Waals surface area contributed by atoms with Crippen LogP contribution in [0.15, 0.2) is 4.99 Å². The van der Waals surface area contributed by atoms with Crippen LogP contribution in [0, 0.1) is 0 Å². The van der Waals surface area contributed by atoms with Crippen molar-refractivity contribution in [1.82, 2.24) is 20.4 Å². The van der Waals surface area contributed by atoms with E-state index >= 15 is 0 Å². The zero-order valence-electron chi connectivity index (χ0n) is 16.8. The summed E-state index contributed by atoms with van der Waals surface area (Å²) in [6.07, 6.45) is 0.817. The molecule has 1 fully saturated rings. The summed E-state index contributed by atoms with van der Waals surface area (Å²) in [6, 6.07) is 0. The zero-order chi connectivity index (χ0) is 18.7. The minimum atomic E-state index is -0.435. The third kappa shape index (κ3) is 11.0. The fourth-order valence-corrected chi connectivity index (χ4v) is 2.48. The maximum absolute atomic E-state index is 12.0. The predicted octanol–water partition coefficient (Wildman–Crippen LogP) is 1.36. The molecular formula is C17H36IN5O3. The van der Waals surface area contributed by atoms with Crippen molar-refractivity contribution in [3.63, 3.8) is 0 Å². The van der Waals surface area contributed by atoms with E-state index in [0.717, 1.165) is 58.2 Å². The number of carbonyl (C=O) groups is 1. The third-order valence-corrected chi connectivity index (χ3v) is 3.79. The molecule has 0 aromatic heterocycles. The van der Waals surface area contributed by atoms with Gasteiger partial charge < -0.3 is 25.0 Å². The van der Waals surface area contributed by atoms with Gasteiger partial charge in [-0.05, 0) is 33.7 Å². The number of amides is 1. The summed E-state index contributed by atoms with van der Waals surface area (Å²) in [4.78, 5) is 20.4. The molecule has 2 N–H and O–H groups in total. The van der Waals surface area contributed by atoms with Gasteiger partial charge in [-0.3, -0.25) is 9.89 Å². The molecule has 8 nitrogen and oxygen atoms in total. The number of guanidine groups is 1. The van der Waals surface area contributed by atoms with Gasteiger partial charge in [-0.1, -0.05) is 0 Å². The molecule has 0 unspecified atom stereocenters. The highest BCUT2D eigenvalue weighted by Crippen LogP contribution is 2.11. The number of nitrogens with zero attached hydrogens (tertiary/aromatic N) is 3. The van der Waals surface area contributed by atoms with Gasteiger partial charge in [-0.25, -0.2) is 4.79 Å². The minimum absolute atomic E-state index is 0. The van der Waals surface area contributed by atoms with Crippen LogP contribution in [0.25, 0.3) is 0 Å². The second-order valence-corrected chi connectivity index (χ2v) is 7.08. The standard InChI is InChI=1S/C17H35N5O3.HI/c1-17(2,3)25-16(23)22-12-10-21(11-13-22)9-6-7-19-15(18-4)20-8-14-24-5;/h6-14H2,1-5H3,(H2,18,19,20);1H. The Labute approximate surface area is 175 Å². The normalized spacial score (nSPS) is 16.0. The number of rotatable bonds is 7. The molecule has 154 valence electrons. The second kappa shape index (κ2) is 13.4. The summed E-state index contributed by atoms with van der Waals surface area (Å²) in [7, 11) is 3.44. The van der Waals surface area contributed by atoms with Crippen molar-refractivity contribution in [2.75, 3.05) is 66.6 Å². The van der Waals surface area contributed by atoms with E-state index in [1.807, 2.05) is 20.8 Å². The zero-order valence-corrected chi connectivity index (χ0v) is 19.2. The van der Waals surface area contributed by atoms with Gasteiger partial charge in [-0.2, -0.15) is 0 Å². The largest absolute Gasteiger partial charge is 0.444 e. The first-order chi connectivity index (χ1) is 11.9. The third-order valence-electron chi connectivity index (χ3n) is 3.79. The van der Waals surface area contributed by atoms with Gasteiger partial charge in [0, 0.05) is 53.4 Å². The molecule has 1 amide bonds. The Balaban J connectivity index is 0.00000625. The topological polar surface area (TPSA) is 78.4 Å². The molecule has 1 aliphatic rings. The number of halogens is 1. The van der Waals surface area contributed by atoms with Crippen molar-refractivity contribution in [3.05, 3.63) is 0 Å². The lowest BCUT2D eigenvalue weighted by atomic mass is 10.2. The van der Waals surface area contributed by atoms with Crippen LogP contribution in [0.4, 0.5) is 4.79 Å². The highest BCUT2D eigenvalue weighted by Gasteiger charge is 2.25. The molecular weight excluding hydrogens is 449 g/mol. The molecule has 0 radical (unpaired) electrons. The molecule has 1 rings (SSSR count). The molecule has 0 aromatic rings. The van der Waals surface area contributed by atoms with E-state index in [0.29, 0.717) is 6.61 Å². The smallest absolute Gasteiger partial charge is 0.410 e. The van der Waals surface area contributed by atoms with E-state index in [2.05, 4.69) is 20.5 Å². The molecule has 0 spiro atoms. The van der Waals surface area contributed by atoms with Gasteiger partial charge in [0.05, 0.1) is 6.61 Å². The number of carbonyl (C=O) groups excluding carboxylic acids is 1. The molecule has 0 aliphatic carbocycles. The molecule has 0 aromatic carbocycles.